The highest BCUT2D eigenvalue weighted by molar-refractivity contribution is 5.68. The summed E-state index contributed by atoms with van der Waals surface area (Å²) in [6, 6.07) is 18.6. The first kappa shape index (κ1) is 22.3. The molecule has 2 aromatic carbocycles. The summed E-state index contributed by atoms with van der Waals surface area (Å²) < 4.78 is 10.8. The third-order valence-electron chi connectivity index (χ3n) is 6.11. The van der Waals surface area contributed by atoms with Crippen LogP contribution in [0.4, 0.5) is 11.4 Å². The minimum absolute atomic E-state index is 0.586. The molecule has 0 amide bonds. The Morgan fingerprint density at radius 2 is 1.65 bits per heavy atom. The molecule has 1 aromatic heterocycles. The van der Waals surface area contributed by atoms with Crippen LogP contribution in [0, 0.1) is 11.3 Å². The molecule has 2 saturated heterocycles. The first-order valence-electron chi connectivity index (χ1n) is 11.7. The van der Waals surface area contributed by atoms with Gasteiger partial charge in [-0.15, -0.1) is 0 Å². The number of nitrogens with one attached hydrogen (secondary N) is 1. The lowest BCUT2D eigenvalue weighted by molar-refractivity contribution is 0.0497. The van der Waals surface area contributed by atoms with Gasteiger partial charge in [0.1, 0.15) is 11.9 Å². The lowest BCUT2D eigenvalue weighted by Crippen LogP contribution is -2.40. The van der Waals surface area contributed by atoms with Crippen LogP contribution in [0.2, 0.25) is 0 Å². The molecule has 0 spiro atoms. The van der Waals surface area contributed by atoms with Crippen LogP contribution in [0.25, 0.3) is 11.3 Å². The largest absolute Gasteiger partial charge is 0.379 e. The van der Waals surface area contributed by atoms with Crippen molar-refractivity contribution in [2.45, 2.75) is 6.42 Å². The lowest BCUT2D eigenvalue weighted by Gasteiger charge is -2.28. The van der Waals surface area contributed by atoms with Gasteiger partial charge in [-0.25, -0.2) is 15.0 Å². The highest BCUT2D eigenvalue weighted by Gasteiger charge is 2.14. The van der Waals surface area contributed by atoms with Gasteiger partial charge in [-0.2, -0.15) is 5.26 Å². The average Bonchev–Trinajstić information content (AvgIpc) is 2.91. The van der Waals surface area contributed by atoms with E-state index in [0.717, 1.165) is 67.7 Å². The molecule has 2 fully saturated rings. The van der Waals surface area contributed by atoms with E-state index in [1.54, 1.807) is 6.20 Å². The zero-order chi connectivity index (χ0) is 23.2. The summed E-state index contributed by atoms with van der Waals surface area (Å²) >= 11 is 0. The molecule has 1 N–H and O–H groups in total. The molecule has 2 aliphatic heterocycles. The normalized spacial score (nSPS) is 16.7. The Hall–Kier alpha value is -3.51. The van der Waals surface area contributed by atoms with E-state index in [-0.39, 0.29) is 0 Å². The fourth-order valence-corrected chi connectivity index (χ4v) is 4.21. The van der Waals surface area contributed by atoms with Gasteiger partial charge >= 0.3 is 0 Å². The second-order valence-electron chi connectivity index (χ2n) is 8.38. The Labute approximate surface area is 199 Å². The number of ether oxygens (including phenoxy) is 2. The van der Waals surface area contributed by atoms with Gasteiger partial charge < -0.3 is 19.8 Å². The third kappa shape index (κ3) is 5.34. The summed E-state index contributed by atoms with van der Waals surface area (Å²) in [7, 11) is 0. The molecule has 0 saturated carbocycles. The molecular formula is C26H28N6O2. The smallest absolute Gasteiger partial charge is 0.133 e. The highest BCUT2D eigenvalue weighted by atomic mass is 16.5. The number of nitriles is 1. The molecule has 0 atom stereocenters. The fraction of sp³-hybridized carbons (Fsp3) is 0.346. The maximum absolute atomic E-state index is 9.71. The number of nitrogens with zero attached hydrogens (tertiary/aromatic N) is 5. The Kier molecular flexibility index (Phi) is 6.96. The Morgan fingerprint density at radius 3 is 2.38 bits per heavy atom. The maximum Gasteiger partial charge on any atom is 0.133 e. The number of hydrazine groups is 1. The molecule has 8 nitrogen and oxygen atoms in total. The standard InChI is InChI=1S/C26H28N6O2/c27-19-22-18-21(3-6-25(22)30-32-11-15-34-16-12-32)24-7-8-28-26(29-24)17-20-1-4-23(5-2-20)31-9-13-33-14-10-31/h1-8,18,30H,9-17H2. The van der Waals surface area contributed by atoms with Crippen molar-refractivity contribution in [2.75, 3.05) is 62.9 Å². The van der Waals surface area contributed by atoms with Gasteiger partial charge in [-0.05, 0) is 35.9 Å². The van der Waals surface area contributed by atoms with Crippen LogP contribution in [-0.4, -0.2) is 67.6 Å². The summed E-state index contributed by atoms with van der Waals surface area (Å²) in [6.07, 6.45) is 2.44. The van der Waals surface area contributed by atoms with E-state index >= 15 is 0 Å². The first-order chi connectivity index (χ1) is 16.8. The van der Waals surface area contributed by atoms with E-state index < -0.39 is 0 Å². The number of hydrogen-bond donors (Lipinski definition) is 1. The molecule has 3 heterocycles. The number of benzene rings is 2. The fourth-order valence-electron chi connectivity index (χ4n) is 4.21. The van der Waals surface area contributed by atoms with Gasteiger partial charge in [0.25, 0.3) is 0 Å². The van der Waals surface area contributed by atoms with E-state index in [0.29, 0.717) is 25.2 Å². The van der Waals surface area contributed by atoms with Crippen LogP contribution in [0.15, 0.2) is 54.7 Å². The maximum atomic E-state index is 9.71. The minimum atomic E-state index is 0.586. The molecule has 174 valence electrons. The summed E-state index contributed by atoms with van der Waals surface area (Å²) in [5.74, 6) is 0.755. The quantitative estimate of drug-likeness (QED) is 0.606. The van der Waals surface area contributed by atoms with Gasteiger partial charge in [0.05, 0.1) is 43.4 Å². The van der Waals surface area contributed by atoms with Crippen molar-refractivity contribution in [1.29, 1.82) is 5.26 Å². The number of anilines is 2. The van der Waals surface area contributed by atoms with Crippen LogP contribution < -0.4 is 10.3 Å². The SMILES string of the molecule is N#Cc1cc(-c2ccnc(Cc3ccc(N4CCOCC4)cc3)n2)ccc1NN1CCOCC1. The van der Waals surface area contributed by atoms with E-state index in [1.807, 2.05) is 24.3 Å². The molecule has 0 radical (unpaired) electrons. The molecule has 34 heavy (non-hydrogen) atoms. The van der Waals surface area contributed by atoms with Crippen LogP contribution in [0.5, 0.6) is 0 Å². The second-order valence-corrected chi connectivity index (χ2v) is 8.38. The molecule has 0 aliphatic carbocycles. The van der Waals surface area contributed by atoms with E-state index in [4.69, 9.17) is 14.5 Å². The van der Waals surface area contributed by atoms with Crippen molar-refractivity contribution in [1.82, 2.24) is 15.0 Å². The molecule has 2 aliphatic rings. The summed E-state index contributed by atoms with van der Waals surface area (Å²) in [6.45, 7) is 6.36. The Bertz CT molecular complexity index is 1150. The molecule has 3 aromatic rings. The van der Waals surface area contributed by atoms with E-state index in [1.165, 1.54) is 5.69 Å². The Balaban J connectivity index is 1.29. The number of aromatic nitrogens is 2. The van der Waals surface area contributed by atoms with Crippen LogP contribution in [-0.2, 0) is 15.9 Å². The molecular weight excluding hydrogens is 428 g/mol. The number of morpholine rings is 2. The van der Waals surface area contributed by atoms with E-state index in [2.05, 4.69) is 50.7 Å². The van der Waals surface area contributed by atoms with Gasteiger partial charge in [0, 0.05) is 50.0 Å². The van der Waals surface area contributed by atoms with Crippen molar-refractivity contribution < 1.29 is 9.47 Å². The molecule has 0 unspecified atom stereocenters. The van der Waals surface area contributed by atoms with Crippen molar-refractivity contribution in [3.63, 3.8) is 0 Å². The highest BCUT2D eigenvalue weighted by Crippen LogP contribution is 2.25. The zero-order valence-electron chi connectivity index (χ0n) is 19.1. The van der Waals surface area contributed by atoms with Gasteiger partial charge in [-0.1, -0.05) is 18.2 Å². The van der Waals surface area contributed by atoms with Crippen molar-refractivity contribution >= 4 is 11.4 Å². The summed E-state index contributed by atoms with van der Waals surface area (Å²) in [5.41, 5.74) is 8.81. The van der Waals surface area contributed by atoms with Crippen molar-refractivity contribution in [3.05, 3.63) is 71.7 Å². The van der Waals surface area contributed by atoms with E-state index in [9.17, 15) is 5.26 Å². The summed E-state index contributed by atoms with van der Waals surface area (Å²) in [4.78, 5) is 11.6. The van der Waals surface area contributed by atoms with Crippen LogP contribution in [0.3, 0.4) is 0 Å². The third-order valence-corrected chi connectivity index (χ3v) is 6.11. The monoisotopic (exact) mass is 456 g/mol. The molecule has 8 heteroatoms. The van der Waals surface area contributed by atoms with Gasteiger partial charge in [-0.3, -0.25) is 0 Å². The topological polar surface area (TPSA) is 86.5 Å². The zero-order valence-corrected chi connectivity index (χ0v) is 19.1. The predicted molar refractivity (Wildman–Crippen MR) is 130 cm³/mol. The second kappa shape index (κ2) is 10.6. The first-order valence-corrected chi connectivity index (χ1v) is 11.7. The molecule has 0 bridgehead atoms. The summed E-state index contributed by atoms with van der Waals surface area (Å²) in [5, 5.41) is 11.8. The van der Waals surface area contributed by atoms with Gasteiger partial charge in [0.15, 0.2) is 0 Å². The van der Waals surface area contributed by atoms with Crippen molar-refractivity contribution in [2.24, 2.45) is 0 Å². The van der Waals surface area contributed by atoms with Gasteiger partial charge in [0.2, 0.25) is 0 Å². The van der Waals surface area contributed by atoms with Crippen molar-refractivity contribution in [3.8, 4) is 17.3 Å². The number of rotatable bonds is 6. The van der Waals surface area contributed by atoms with Crippen LogP contribution >= 0.6 is 0 Å². The average molecular weight is 457 g/mol. The van der Waals surface area contributed by atoms with Crippen LogP contribution in [0.1, 0.15) is 17.0 Å². The molecule has 5 rings (SSSR count). The Morgan fingerprint density at radius 1 is 0.912 bits per heavy atom. The predicted octanol–water partition coefficient (Wildman–Crippen LogP) is 3.10. The number of hydrogen-bond acceptors (Lipinski definition) is 8. The lowest BCUT2D eigenvalue weighted by atomic mass is 10.1. The minimum Gasteiger partial charge on any atom is -0.379 e.